The number of likely N-dealkylation sites (tertiary alicyclic amines) is 1. The Morgan fingerprint density at radius 1 is 1.50 bits per heavy atom. The first-order valence-corrected chi connectivity index (χ1v) is 6.83. The molecule has 2 aliphatic heterocycles. The summed E-state index contributed by atoms with van der Waals surface area (Å²) >= 11 is 0. The molecule has 2 saturated heterocycles. The molecule has 1 N–H and O–H groups in total. The first kappa shape index (κ1) is 13.5. The van der Waals surface area contributed by atoms with E-state index in [1.54, 1.807) is 0 Å². The molecule has 2 aliphatic rings. The van der Waals surface area contributed by atoms with Gasteiger partial charge in [-0.15, -0.1) is 0 Å². The average Bonchev–Trinajstić information content (AvgIpc) is 2.95. The van der Waals surface area contributed by atoms with Crippen LogP contribution in [0.15, 0.2) is 6.33 Å². The third-order valence-corrected chi connectivity index (χ3v) is 4.56. The highest BCUT2D eigenvalue weighted by Crippen LogP contribution is 2.41. The number of nitrogens with zero attached hydrogens (tertiary/aromatic N) is 3. The number of fused-ring (bicyclic) bond motifs is 1. The topological polar surface area (TPSA) is 75.6 Å². The zero-order valence-electron chi connectivity index (χ0n) is 11.8. The molecule has 2 fully saturated rings. The zero-order chi connectivity index (χ0) is 14.3. The molecule has 0 aromatic carbocycles. The molecule has 20 heavy (non-hydrogen) atoms. The van der Waals surface area contributed by atoms with Gasteiger partial charge in [0.15, 0.2) is 0 Å². The van der Waals surface area contributed by atoms with Crippen LogP contribution in [0.1, 0.15) is 21.7 Å². The molecule has 0 aliphatic carbocycles. The molecule has 6 nitrogen and oxygen atoms in total. The summed E-state index contributed by atoms with van der Waals surface area (Å²) in [6, 6.07) is 0. The van der Waals surface area contributed by atoms with E-state index in [0.29, 0.717) is 43.3 Å². The van der Waals surface area contributed by atoms with E-state index in [4.69, 9.17) is 4.74 Å². The lowest BCUT2D eigenvalue weighted by molar-refractivity contribution is 0.0629. The summed E-state index contributed by atoms with van der Waals surface area (Å²) in [6.45, 7) is 6.03. The number of aromatic nitrogens is 2. The molecule has 3 rings (SSSR count). The van der Waals surface area contributed by atoms with Gasteiger partial charge in [-0.25, -0.2) is 9.97 Å². The zero-order valence-corrected chi connectivity index (χ0v) is 11.8. The van der Waals surface area contributed by atoms with Crippen molar-refractivity contribution in [2.75, 3.05) is 32.9 Å². The molecular weight excluding hydrogens is 258 g/mol. The number of amides is 1. The lowest BCUT2D eigenvalue weighted by Gasteiger charge is -2.24. The normalized spacial score (nSPS) is 28.8. The summed E-state index contributed by atoms with van der Waals surface area (Å²) in [7, 11) is 0. The van der Waals surface area contributed by atoms with Gasteiger partial charge < -0.3 is 14.7 Å². The lowest BCUT2D eigenvalue weighted by atomic mass is 9.82. The van der Waals surface area contributed by atoms with Gasteiger partial charge in [-0.2, -0.15) is 0 Å². The molecular formula is C14H19N3O3. The second-order valence-corrected chi connectivity index (χ2v) is 5.84. The molecule has 0 radical (unpaired) electrons. The number of hydrogen-bond acceptors (Lipinski definition) is 5. The Hall–Kier alpha value is -1.53. The fraction of sp³-hybridized carbons (Fsp3) is 0.643. The molecule has 6 heteroatoms. The van der Waals surface area contributed by atoms with Crippen molar-refractivity contribution in [3.8, 4) is 0 Å². The van der Waals surface area contributed by atoms with E-state index in [-0.39, 0.29) is 23.8 Å². The highest BCUT2D eigenvalue weighted by atomic mass is 16.5. The monoisotopic (exact) mass is 277 g/mol. The van der Waals surface area contributed by atoms with Crippen LogP contribution in [-0.4, -0.2) is 58.8 Å². The molecule has 3 heterocycles. The van der Waals surface area contributed by atoms with Crippen LogP contribution in [0.25, 0.3) is 0 Å². The molecule has 0 unspecified atom stereocenters. The number of rotatable bonds is 2. The van der Waals surface area contributed by atoms with Gasteiger partial charge in [-0.05, 0) is 13.8 Å². The van der Waals surface area contributed by atoms with Crippen LogP contribution in [0.2, 0.25) is 0 Å². The van der Waals surface area contributed by atoms with Crippen molar-refractivity contribution < 1.29 is 14.6 Å². The van der Waals surface area contributed by atoms with Crippen molar-refractivity contribution in [2.45, 2.75) is 13.8 Å². The third kappa shape index (κ3) is 1.91. The minimum absolute atomic E-state index is 0.0391. The van der Waals surface area contributed by atoms with Gasteiger partial charge in [0.05, 0.1) is 36.8 Å². The smallest absolute Gasteiger partial charge is 0.257 e. The van der Waals surface area contributed by atoms with Crippen LogP contribution in [0.3, 0.4) is 0 Å². The maximum absolute atomic E-state index is 12.7. The Bertz CT molecular complexity index is 528. The second-order valence-electron chi connectivity index (χ2n) is 5.84. The number of aryl methyl sites for hydroxylation is 2. The number of ether oxygens (including phenoxy) is 1. The van der Waals surface area contributed by atoms with E-state index in [9.17, 15) is 9.90 Å². The van der Waals surface area contributed by atoms with Crippen molar-refractivity contribution in [1.29, 1.82) is 0 Å². The van der Waals surface area contributed by atoms with E-state index in [0.717, 1.165) is 0 Å². The van der Waals surface area contributed by atoms with E-state index in [1.807, 2.05) is 18.7 Å². The Morgan fingerprint density at radius 3 is 2.80 bits per heavy atom. The van der Waals surface area contributed by atoms with Crippen LogP contribution >= 0.6 is 0 Å². The SMILES string of the molecule is Cc1ncnc(C)c1C(=O)N1C[C@H]2COC[C@@]2(CO)C1. The predicted molar refractivity (Wildman–Crippen MR) is 71.2 cm³/mol. The summed E-state index contributed by atoms with van der Waals surface area (Å²) in [5, 5.41) is 9.66. The van der Waals surface area contributed by atoms with Gasteiger partial charge in [-0.1, -0.05) is 0 Å². The number of carbonyl (C=O) groups excluding carboxylic acids is 1. The van der Waals surface area contributed by atoms with Crippen LogP contribution in [0.5, 0.6) is 0 Å². The van der Waals surface area contributed by atoms with Crippen molar-refractivity contribution in [1.82, 2.24) is 14.9 Å². The van der Waals surface area contributed by atoms with Crippen molar-refractivity contribution in [3.63, 3.8) is 0 Å². The number of aliphatic hydroxyl groups excluding tert-OH is 1. The van der Waals surface area contributed by atoms with Gasteiger partial charge in [-0.3, -0.25) is 4.79 Å². The maximum Gasteiger partial charge on any atom is 0.257 e. The van der Waals surface area contributed by atoms with Crippen LogP contribution in [-0.2, 0) is 4.74 Å². The molecule has 1 aromatic rings. The van der Waals surface area contributed by atoms with Gasteiger partial charge >= 0.3 is 0 Å². The quantitative estimate of drug-likeness (QED) is 0.834. The Labute approximate surface area is 117 Å². The summed E-state index contributed by atoms with van der Waals surface area (Å²) in [5.41, 5.74) is 1.71. The maximum atomic E-state index is 12.7. The fourth-order valence-corrected chi connectivity index (χ4v) is 3.27. The summed E-state index contributed by atoms with van der Waals surface area (Å²) < 4.78 is 5.46. The lowest BCUT2D eigenvalue weighted by Crippen LogP contribution is -2.36. The Kier molecular flexibility index (Phi) is 3.22. The number of aliphatic hydroxyl groups is 1. The molecule has 0 saturated carbocycles. The van der Waals surface area contributed by atoms with Crippen LogP contribution in [0, 0.1) is 25.2 Å². The van der Waals surface area contributed by atoms with Crippen LogP contribution in [0.4, 0.5) is 0 Å². The van der Waals surface area contributed by atoms with Gasteiger partial charge in [0.1, 0.15) is 6.33 Å². The molecule has 2 atom stereocenters. The molecule has 0 bridgehead atoms. The van der Waals surface area contributed by atoms with Gasteiger partial charge in [0, 0.05) is 24.4 Å². The van der Waals surface area contributed by atoms with Crippen molar-refractivity contribution in [3.05, 3.63) is 23.3 Å². The Morgan fingerprint density at radius 2 is 2.20 bits per heavy atom. The minimum atomic E-state index is -0.285. The van der Waals surface area contributed by atoms with Crippen molar-refractivity contribution in [2.24, 2.45) is 11.3 Å². The largest absolute Gasteiger partial charge is 0.396 e. The van der Waals surface area contributed by atoms with E-state index in [2.05, 4.69) is 9.97 Å². The number of carbonyl (C=O) groups is 1. The van der Waals surface area contributed by atoms with Crippen molar-refractivity contribution >= 4 is 5.91 Å². The highest BCUT2D eigenvalue weighted by molar-refractivity contribution is 5.96. The Balaban J connectivity index is 1.87. The first-order valence-electron chi connectivity index (χ1n) is 6.83. The summed E-state index contributed by atoms with van der Waals surface area (Å²) in [5.74, 6) is 0.185. The van der Waals surface area contributed by atoms with Crippen LogP contribution < -0.4 is 0 Å². The molecule has 108 valence electrons. The average molecular weight is 277 g/mol. The number of hydrogen-bond donors (Lipinski definition) is 1. The first-order chi connectivity index (χ1) is 9.57. The summed E-state index contributed by atoms with van der Waals surface area (Å²) in [6.07, 6.45) is 1.48. The third-order valence-electron chi connectivity index (χ3n) is 4.56. The van der Waals surface area contributed by atoms with E-state index in [1.165, 1.54) is 6.33 Å². The molecule has 0 spiro atoms. The standard InChI is InChI=1S/C14H19N3O3/c1-9-12(10(2)16-8-15-9)13(19)17-3-11-4-20-7-14(11,5-17)6-18/h8,11,18H,3-7H2,1-2H3/t11-,14-/m0/s1. The fourth-order valence-electron chi connectivity index (χ4n) is 3.27. The van der Waals surface area contributed by atoms with Gasteiger partial charge in [0.25, 0.3) is 5.91 Å². The molecule has 1 aromatic heterocycles. The minimum Gasteiger partial charge on any atom is -0.396 e. The van der Waals surface area contributed by atoms with Gasteiger partial charge in [0.2, 0.25) is 0 Å². The summed E-state index contributed by atoms with van der Waals surface area (Å²) in [4.78, 5) is 22.7. The van der Waals surface area contributed by atoms with E-state index >= 15 is 0 Å². The van der Waals surface area contributed by atoms with E-state index < -0.39 is 0 Å². The molecule has 1 amide bonds. The second kappa shape index (κ2) is 4.79. The highest BCUT2D eigenvalue weighted by Gasteiger charge is 2.51. The predicted octanol–water partition coefficient (Wildman–Crippen LogP) is 0.174.